The second-order valence-corrected chi connectivity index (χ2v) is 3.14. The third-order valence-electron chi connectivity index (χ3n) is 2.12. The van der Waals surface area contributed by atoms with E-state index >= 15 is 0 Å². The van der Waals surface area contributed by atoms with Crippen molar-refractivity contribution in [1.82, 2.24) is 0 Å². The summed E-state index contributed by atoms with van der Waals surface area (Å²) in [6.07, 6.45) is 0. The zero-order chi connectivity index (χ0) is 12.5. The Morgan fingerprint density at radius 2 is 1.29 bits per heavy atom. The minimum atomic E-state index is 0.699. The largest absolute Gasteiger partial charge is 0.373 e. The number of nitriles is 1. The van der Waals surface area contributed by atoms with E-state index in [1.54, 1.807) is 0 Å². The Morgan fingerprint density at radius 3 is 1.76 bits per heavy atom. The van der Waals surface area contributed by atoms with Gasteiger partial charge in [-0.1, -0.05) is 42.5 Å². The molecule has 0 N–H and O–H groups in total. The molecule has 0 bridgehead atoms. The van der Waals surface area contributed by atoms with Gasteiger partial charge in [-0.2, -0.15) is 5.26 Å². The minimum absolute atomic E-state index is 0.699. The first-order chi connectivity index (χ1) is 8.31. The van der Waals surface area contributed by atoms with Crippen molar-refractivity contribution in [3.8, 4) is 17.2 Å². The minimum Gasteiger partial charge on any atom is -0.373 e. The van der Waals surface area contributed by atoms with E-state index in [0.29, 0.717) is 5.56 Å². The van der Waals surface area contributed by atoms with Crippen molar-refractivity contribution >= 4 is 0 Å². The number of hydrogen-bond acceptors (Lipinski definition) is 1. The van der Waals surface area contributed by atoms with Crippen molar-refractivity contribution in [1.29, 1.82) is 5.26 Å². The third-order valence-corrected chi connectivity index (χ3v) is 2.12. The van der Waals surface area contributed by atoms with Gasteiger partial charge < -0.3 is 11.1 Å². The first-order valence-electron chi connectivity index (χ1n) is 4.86. The molecule has 0 radical (unpaired) electrons. The summed E-state index contributed by atoms with van der Waals surface area (Å²) in [5, 5.41) is 8.65. The molecule has 0 heterocycles. The fraction of sp³-hybridized carbons (Fsp3) is 0. The highest BCUT2D eigenvalue weighted by Crippen LogP contribution is 2.18. The van der Waals surface area contributed by atoms with Crippen molar-refractivity contribution in [2.24, 2.45) is 0 Å². The van der Waals surface area contributed by atoms with Gasteiger partial charge in [0.05, 0.1) is 11.6 Å². The van der Waals surface area contributed by atoms with Crippen LogP contribution in [0.5, 0.6) is 0 Å². The summed E-state index contributed by atoms with van der Waals surface area (Å²) in [5.41, 5.74) is 16.5. The van der Waals surface area contributed by atoms with Crippen molar-refractivity contribution < 1.29 is 0 Å². The molecule has 2 aromatic carbocycles. The van der Waals surface area contributed by atoms with Crippen LogP contribution in [0.3, 0.4) is 0 Å². The molecule has 0 aliphatic carbocycles. The van der Waals surface area contributed by atoms with Gasteiger partial charge >= 0.3 is 0 Å². The predicted molar refractivity (Wildman–Crippen MR) is 66.7 cm³/mol. The molecule has 17 heavy (non-hydrogen) atoms. The van der Waals surface area contributed by atoms with Crippen molar-refractivity contribution in [3.05, 3.63) is 76.1 Å². The van der Waals surface area contributed by atoms with E-state index in [9.17, 15) is 0 Å². The van der Waals surface area contributed by atoms with Crippen molar-refractivity contribution in [2.45, 2.75) is 0 Å². The molecule has 2 aromatic rings. The average Bonchev–Trinajstić information content (AvgIpc) is 2.41. The molecule has 0 aliphatic rings. The molecule has 0 fully saturated rings. The lowest BCUT2D eigenvalue weighted by Gasteiger charge is -1.99. The SMILES string of the molecule is N#Cc1ccc(-c2ccccc2)cc1.[N-]=[N+]=[N-]. The summed E-state index contributed by atoms with van der Waals surface area (Å²) in [4.78, 5) is 1.50. The molecule has 0 saturated carbocycles. The van der Waals surface area contributed by atoms with Gasteiger partial charge in [-0.3, -0.25) is 4.91 Å². The van der Waals surface area contributed by atoms with Crippen LogP contribution in [0.15, 0.2) is 54.6 Å². The molecule has 4 heteroatoms. The fourth-order valence-corrected chi connectivity index (χ4v) is 1.37. The standard InChI is InChI=1S/C13H9N.N3/c14-10-11-6-8-13(9-7-11)12-4-2-1-3-5-12;1-3-2/h1-9H;/q;-1. The molecule has 2 rings (SSSR count). The summed E-state index contributed by atoms with van der Waals surface area (Å²) in [6.45, 7) is 0. The Morgan fingerprint density at radius 1 is 0.824 bits per heavy atom. The molecule has 0 unspecified atom stereocenters. The van der Waals surface area contributed by atoms with Gasteiger partial charge in [0.1, 0.15) is 0 Å². The zero-order valence-corrected chi connectivity index (χ0v) is 8.99. The maximum atomic E-state index is 8.65. The summed E-state index contributed by atoms with van der Waals surface area (Å²) in [6, 6.07) is 19.8. The van der Waals surface area contributed by atoms with Crippen LogP contribution in [0.4, 0.5) is 0 Å². The molecule has 0 amide bonds. The van der Waals surface area contributed by atoms with Gasteiger partial charge in [-0.15, -0.1) is 0 Å². The molecule has 0 spiro atoms. The van der Waals surface area contributed by atoms with Crippen LogP contribution in [0.25, 0.3) is 27.1 Å². The molecule has 0 atom stereocenters. The van der Waals surface area contributed by atoms with Crippen LogP contribution in [-0.2, 0) is 0 Å². The summed E-state index contributed by atoms with van der Waals surface area (Å²) in [5.74, 6) is 0. The smallest absolute Gasteiger partial charge is 0.0991 e. The van der Waals surface area contributed by atoms with Crippen molar-refractivity contribution in [2.75, 3.05) is 0 Å². The van der Waals surface area contributed by atoms with E-state index in [4.69, 9.17) is 16.3 Å². The summed E-state index contributed by atoms with van der Waals surface area (Å²) >= 11 is 0. The van der Waals surface area contributed by atoms with Crippen LogP contribution in [0.1, 0.15) is 5.56 Å². The van der Waals surface area contributed by atoms with Gasteiger partial charge in [0.2, 0.25) is 0 Å². The summed E-state index contributed by atoms with van der Waals surface area (Å²) in [7, 11) is 0. The highest BCUT2D eigenvalue weighted by molar-refractivity contribution is 5.63. The Kier molecular flexibility index (Phi) is 4.83. The van der Waals surface area contributed by atoms with E-state index in [-0.39, 0.29) is 0 Å². The molecular weight excluding hydrogens is 212 g/mol. The highest BCUT2D eigenvalue weighted by atomic mass is 15.0. The third kappa shape index (κ3) is 3.71. The molecule has 0 aromatic heterocycles. The number of nitrogens with zero attached hydrogens (tertiary/aromatic N) is 4. The molecular formula is C13H9N4-. The number of rotatable bonds is 1. The Bertz CT molecular complexity index is 532. The lowest BCUT2D eigenvalue weighted by atomic mass is 10.0. The fourth-order valence-electron chi connectivity index (χ4n) is 1.37. The lowest BCUT2D eigenvalue weighted by molar-refractivity contribution is 1.48. The van der Waals surface area contributed by atoms with E-state index in [1.807, 2.05) is 42.5 Å². The topological polar surface area (TPSA) is 82.5 Å². The normalized spacial score (nSPS) is 8.18. The zero-order valence-electron chi connectivity index (χ0n) is 8.99. The molecule has 0 aliphatic heterocycles. The summed E-state index contributed by atoms with van der Waals surface area (Å²) < 4.78 is 0. The van der Waals surface area contributed by atoms with Gasteiger partial charge in [-0.25, -0.2) is 0 Å². The van der Waals surface area contributed by atoms with Gasteiger partial charge in [0.25, 0.3) is 0 Å². The maximum absolute atomic E-state index is 8.65. The van der Waals surface area contributed by atoms with E-state index in [0.717, 1.165) is 5.56 Å². The van der Waals surface area contributed by atoms with Crippen LogP contribution < -0.4 is 0 Å². The van der Waals surface area contributed by atoms with Crippen LogP contribution in [0.2, 0.25) is 0 Å². The number of hydrogen-bond donors (Lipinski definition) is 0. The van der Waals surface area contributed by atoms with E-state index in [2.05, 4.69) is 18.2 Å². The first kappa shape index (κ1) is 12.3. The maximum Gasteiger partial charge on any atom is 0.0991 e. The van der Waals surface area contributed by atoms with Crippen LogP contribution in [-0.4, -0.2) is 0 Å². The van der Waals surface area contributed by atoms with E-state index < -0.39 is 0 Å². The Hall–Kier alpha value is -2.76. The van der Waals surface area contributed by atoms with Crippen LogP contribution >= 0.6 is 0 Å². The van der Waals surface area contributed by atoms with Gasteiger partial charge in [-0.05, 0) is 23.3 Å². The number of benzene rings is 2. The second kappa shape index (κ2) is 6.67. The average molecular weight is 221 g/mol. The predicted octanol–water partition coefficient (Wildman–Crippen LogP) is 4.09. The quantitative estimate of drug-likeness (QED) is 0.405. The Labute approximate surface area is 99.2 Å². The molecule has 0 saturated heterocycles. The van der Waals surface area contributed by atoms with Crippen LogP contribution in [0, 0.1) is 11.3 Å². The second-order valence-electron chi connectivity index (χ2n) is 3.14. The lowest BCUT2D eigenvalue weighted by Crippen LogP contribution is -1.77. The van der Waals surface area contributed by atoms with Gasteiger partial charge in [0, 0.05) is 0 Å². The first-order valence-corrected chi connectivity index (χ1v) is 4.86. The monoisotopic (exact) mass is 221 g/mol. The molecule has 4 nitrogen and oxygen atoms in total. The van der Waals surface area contributed by atoms with E-state index in [1.165, 1.54) is 10.5 Å². The van der Waals surface area contributed by atoms with Crippen molar-refractivity contribution in [3.63, 3.8) is 0 Å². The molecule has 82 valence electrons. The highest BCUT2D eigenvalue weighted by Gasteiger charge is 1.95. The Balaban J connectivity index is 0.000000437. The van der Waals surface area contributed by atoms with Gasteiger partial charge in [0.15, 0.2) is 0 Å².